The van der Waals surface area contributed by atoms with Crippen molar-refractivity contribution in [3.8, 4) is 0 Å². The summed E-state index contributed by atoms with van der Waals surface area (Å²) in [4.78, 5) is 15.9. The Bertz CT molecular complexity index is 528. The zero-order valence-electron chi connectivity index (χ0n) is 8.51. The normalized spacial score (nSPS) is 10.1. The van der Waals surface area contributed by atoms with E-state index in [1.54, 1.807) is 31.3 Å². The van der Waals surface area contributed by atoms with Crippen LogP contribution in [-0.2, 0) is 0 Å². The van der Waals surface area contributed by atoms with Gasteiger partial charge in [-0.25, -0.2) is 0 Å². The molecule has 16 heavy (non-hydrogen) atoms. The standard InChI is InChI=1S/C11H8ClN3O/c1-7-5-9(12)14-15-10(7)11(16)8-3-2-4-13-6-8/h2-6H,1H3. The first kappa shape index (κ1) is 10.7. The monoisotopic (exact) mass is 233 g/mol. The number of hydrogen-bond acceptors (Lipinski definition) is 4. The fraction of sp³-hybridized carbons (Fsp3) is 0.0909. The number of ketones is 1. The summed E-state index contributed by atoms with van der Waals surface area (Å²) in [7, 11) is 0. The summed E-state index contributed by atoms with van der Waals surface area (Å²) in [6, 6.07) is 5.00. The van der Waals surface area contributed by atoms with E-state index in [2.05, 4.69) is 15.2 Å². The molecule has 0 aromatic carbocycles. The van der Waals surface area contributed by atoms with Gasteiger partial charge in [0.2, 0.25) is 5.78 Å². The van der Waals surface area contributed by atoms with Gasteiger partial charge < -0.3 is 0 Å². The minimum atomic E-state index is -0.199. The molecular formula is C11H8ClN3O. The molecule has 0 saturated heterocycles. The van der Waals surface area contributed by atoms with Crippen LogP contribution in [0.3, 0.4) is 0 Å². The van der Waals surface area contributed by atoms with E-state index in [0.29, 0.717) is 16.8 Å². The molecule has 0 N–H and O–H groups in total. The van der Waals surface area contributed by atoms with Crippen LogP contribution in [0.1, 0.15) is 21.6 Å². The Kier molecular flexibility index (Phi) is 2.92. The van der Waals surface area contributed by atoms with Crippen LogP contribution >= 0.6 is 11.6 Å². The van der Waals surface area contributed by atoms with Crippen LogP contribution in [0.25, 0.3) is 0 Å². The second kappa shape index (κ2) is 4.37. The fourth-order valence-electron chi connectivity index (χ4n) is 1.31. The second-order valence-electron chi connectivity index (χ2n) is 3.27. The molecule has 80 valence electrons. The second-order valence-corrected chi connectivity index (χ2v) is 3.66. The quantitative estimate of drug-likeness (QED) is 0.745. The smallest absolute Gasteiger partial charge is 0.215 e. The van der Waals surface area contributed by atoms with E-state index in [9.17, 15) is 4.79 Å². The molecule has 4 nitrogen and oxygen atoms in total. The average molecular weight is 234 g/mol. The zero-order chi connectivity index (χ0) is 11.5. The molecule has 0 aliphatic carbocycles. The highest BCUT2D eigenvalue weighted by Gasteiger charge is 2.14. The number of halogens is 1. The maximum absolute atomic E-state index is 12.0. The van der Waals surface area contributed by atoms with Crippen molar-refractivity contribution in [3.63, 3.8) is 0 Å². The van der Waals surface area contributed by atoms with E-state index in [1.807, 2.05) is 0 Å². The van der Waals surface area contributed by atoms with E-state index >= 15 is 0 Å². The van der Waals surface area contributed by atoms with E-state index < -0.39 is 0 Å². The summed E-state index contributed by atoms with van der Waals surface area (Å²) in [6.45, 7) is 1.77. The van der Waals surface area contributed by atoms with Gasteiger partial charge in [-0.3, -0.25) is 9.78 Å². The van der Waals surface area contributed by atoms with Crippen LogP contribution in [0.2, 0.25) is 5.15 Å². The molecule has 2 aromatic rings. The van der Waals surface area contributed by atoms with Crippen molar-refractivity contribution in [1.82, 2.24) is 15.2 Å². The fourth-order valence-corrected chi connectivity index (χ4v) is 1.51. The van der Waals surface area contributed by atoms with E-state index in [0.717, 1.165) is 0 Å². The van der Waals surface area contributed by atoms with Gasteiger partial charge in [-0.05, 0) is 30.7 Å². The Morgan fingerprint density at radius 3 is 2.81 bits per heavy atom. The molecule has 0 spiro atoms. The molecule has 5 heteroatoms. The van der Waals surface area contributed by atoms with Crippen LogP contribution in [0.4, 0.5) is 0 Å². The third-order valence-corrected chi connectivity index (χ3v) is 2.28. The predicted octanol–water partition coefficient (Wildman–Crippen LogP) is 2.06. The minimum absolute atomic E-state index is 0.199. The number of rotatable bonds is 2. The summed E-state index contributed by atoms with van der Waals surface area (Å²) in [5, 5.41) is 7.73. The topological polar surface area (TPSA) is 55.7 Å². The van der Waals surface area contributed by atoms with Crippen LogP contribution in [0.15, 0.2) is 30.6 Å². The van der Waals surface area contributed by atoms with Gasteiger partial charge in [0.15, 0.2) is 5.15 Å². The summed E-state index contributed by atoms with van der Waals surface area (Å²) >= 11 is 5.67. The minimum Gasteiger partial charge on any atom is -0.287 e. The molecule has 0 atom stereocenters. The molecule has 0 radical (unpaired) electrons. The lowest BCUT2D eigenvalue weighted by Crippen LogP contribution is -2.08. The molecule has 2 aromatic heterocycles. The van der Waals surface area contributed by atoms with Crippen LogP contribution in [-0.4, -0.2) is 21.0 Å². The molecular weight excluding hydrogens is 226 g/mol. The zero-order valence-corrected chi connectivity index (χ0v) is 9.27. The lowest BCUT2D eigenvalue weighted by molar-refractivity contribution is 0.103. The third kappa shape index (κ3) is 2.06. The van der Waals surface area contributed by atoms with Crippen molar-refractivity contribution in [2.45, 2.75) is 6.92 Å². The number of carbonyl (C=O) groups is 1. The highest BCUT2D eigenvalue weighted by molar-refractivity contribution is 6.29. The maximum atomic E-state index is 12.0. The molecule has 2 heterocycles. The summed E-state index contributed by atoms with van der Waals surface area (Å²) in [6.07, 6.45) is 3.11. The van der Waals surface area contributed by atoms with E-state index in [1.165, 1.54) is 6.20 Å². The molecule has 0 aliphatic heterocycles. The molecule has 0 fully saturated rings. The first-order chi connectivity index (χ1) is 7.68. The molecule has 0 amide bonds. The number of aryl methyl sites for hydroxylation is 1. The number of pyridine rings is 1. The first-order valence-corrected chi connectivity index (χ1v) is 5.01. The number of nitrogens with zero attached hydrogens (tertiary/aromatic N) is 3. The van der Waals surface area contributed by atoms with Gasteiger partial charge in [-0.2, -0.15) is 0 Å². The molecule has 0 bridgehead atoms. The van der Waals surface area contributed by atoms with Gasteiger partial charge in [-0.1, -0.05) is 11.6 Å². The molecule has 0 unspecified atom stereocenters. The van der Waals surface area contributed by atoms with Gasteiger partial charge in [0, 0.05) is 18.0 Å². The summed E-state index contributed by atoms with van der Waals surface area (Å²) in [5.41, 5.74) is 1.49. The van der Waals surface area contributed by atoms with Crippen molar-refractivity contribution in [1.29, 1.82) is 0 Å². The van der Waals surface area contributed by atoms with Crippen molar-refractivity contribution < 1.29 is 4.79 Å². The van der Waals surface area contributed by atoms with E-state index in [4.69, 9.17) is 11.6 Å². The van der Waals surface area contributed by atoms with Crippen LogP contribution in [0, 0.1) is 6.92 Å². The van der Waals surface area contributed by atoms with Gasteiger partial charge in [-0.15, -0.1) is 10.2 Å². The first-order valence-electron chi connectivity index (χ1n) is 4.63. The van der Waals surface area contributed by atoms with Gasteiger partial charge >= 0.3 is 0 Å². The largest absolute Gasteiger partial charge is 0.287 e. The third-order valence-electron chi connectivity index (χ3n) is 2.09. The maximum Gasteiger partial charge on any atom is 0.215 e. The SMILES string of the molecule is Cc1cc(Cl)nnc1C(=O)c1cccnc1. The number of carbonyl (C=O) groups excluding carboxylic acids is 1. The highest BCUT2D eigenvalue weighted by atomic mass is 35.5. The summed E-state index contributed by atoms with van der Waals surface area (Å²) < 4.78 is 0. The molecule has 0 aliphatic rings. The molecule has 2 rings (SSSR count). The highest BCUT2D eigenvalue weighted by Crippen LogP contribution is 2.13. The van der Waals surface area contributed by atoms with E-state index in [-0.39, 0.29) is 10.9 Å². The predicted molar refractivity (Wildman–Crippen MR) is 59.4 cm³/mol. The molecule has 0 saturated carbocycles. The van der Waals surface area contributed by atoms with Crippen LogP contribution < -0.4 is 0 Å². The number of aromatic nitrogens is 3. The van der Waals surface area contributed by atoms with Gasteiger partial charge in [0.05, 0.1) is 0 Å². The Labute approximate surface area is 97.3 Å². The Balaban J connectivity index is 2.42. The Morgan fingerprint density at radius 2 is 2.19 bits per heavy atom. The van der Waals surface area contributed by atoms with Crippen LogP contribution in [0.5, 0.6) is 0 Å². The van der Waals surface area contributed by atoms with Crippen molar-refractivity contribution in [2.24, 2.45) is 0 Å². The Morgan fingerprint density at radius 1 is 1.38 bits per heavy atom. The van der Waals surface area contributed by atoms with Crippen molar-refractivity contribution >= 4 is 17.4 Å². The lowest BCUT2D eigenvalue weighted by Gasteiger charge is -2.02. The van der Waals surface area contributed by atoms with Gasteiger partial charge in [0.25, 0.3) is 0 Å². The summed E-state index contributed by atoms with van der Waals surface area (Å²) in [5.74, 6) is -0.199. The van der Waals surface area contributed by atoms with Crippen molar-refractivity contribution in [3.05, 3.63) is 52.6 Å². The number of hydrogen-bond donors (Lipinski definition) is 0. The van der Waals surface area contributed by atoms with Gasteiger partial charge in [0.1, 0.15) is 5.69 Å². The lowest BCUT2D eigenvalue weighted by atomic mass is 10.1. The Hall–Kier alpha value is -1.81. The van der Waals surface area contributed by atoms with Crippen molar-refractivity contribution in [2.75, 3.05) is 0 Å². The average Bonchev–Trinajstić information content (AvgIpc) is 2.29.